The summed E-state index contributed by atoms with van der Waals surface area (Å²) >= 11 is 0. The molecule has 2 fully saturated rings. The van der Waals surface area contributed by atoms with Crippen molar-refractivity contribution in [3.63, 3.8) is 0 Å². The minimum Gasteiger partial charge on any atom is -0.487 e. The van der Waals surface area contributed by atoms with Crippen molar-refractivity contribution < 1.29 is 27.8 Å². The van der Waals surface area contributed by atoms with E-state index in [1.807, 2.05) is 36.4 Å². The molecule has 1 N–H and O–H groups in total. The summed E-state index contributed by atoms with van der Waals surface area (Å²) < 4.78 is 41.5. The number of amides is 1. The van der Waals surface area contributed by atoms with Gasteiger partial charge in [0, 0.05) is 43.3 Å². The maximum Gasteiger partial charge on any atom is 0.269 e. The van der Waals surface area contributed by atoms with Crippen molar-refractivity contribution in [2.24, 2.45) is 0 Å². The van der Waals surface area contributed by atoms with Crippen molar-refractivity contribution in [3.8, 4) is 34.2 Å². The largest absolute Gasteiger partial charge is 0.487 e. The number of carbonyl (C=O) groups excluding carboxylic acids is 1. The highest BCUT2D eigenvalue weighted by atomic mass is 32.2. The molecule has 2 atom stereocenters. The molecular formula is C37H35N5O6S. The number of ether oxygens (including phenoxy) is 2. The van der Waals surface area contributed by atoms with Crippen molar-refractivity contribution in [2.45, 2.75) is 30.4 Å². The van der Waals surface area contributed by atoms with Crippen LogP contribution in [0.15, 0.2) is 96.0 Å². The molecule has 1 amide bonds. The maximum atomic E-state index is 14.3. The van der Waals surface area contributed by atoms with Crippen LogP contribution in [0.1, 0.15) is 18.9 Å². The number of nitrogens with zero attached hydrogens (tertiary/aromatic N) is 5. The number of morpholine rings is 1. The Morgan fingerprint density at radius 2 is 1.73 bits per heavy atom. The lowest BCUT2D eigenvalue weighted by Gasteiger charge is -2.28. The van der Waals surface area contributed by atoms with Gasteiger partial charge in [0.2, 0.25) is 0 Å². The smallest absolute Gasteiger partial charge is 0.269 e. The number of aliphatic hydroxyl groups is 1. The topological polar surface area (TPSA) is 138 Å². The van der Waals surface area contributed by atoms with Crippen LogP contribution >= 0.6 is 0 Å². The van der Waals surface area contributed by atoms with Crippen LogP contribution in [0.3, 0.4) is 0 Å². The number of hydrogen-bond acceptors (Lipinski definition) is 9. The quantitative estimate of drug-likeness (QED) is 0.248. The van der Waals surface area contributed by atoms with E-state index in [0.29, 0.717) is 71.8 Å². The second-order valence-corrected chi connectivity index (χ2v) is 14.0. The highest BCUT2D eigenvalue weighted by Crippen LogP contribution is 2.38. The van der Waals surface area contributed by atoms with Crippen LogP contribution in [-0.2, 0) is 19.6 Å². The molecule has 11 nitrogen and oxygen atoms in total. The van der Waals surface area contributed by atoms with Gasteiger partial charge in [-0.2, -0.15) is 5.26 Å². The summed E-state index contributed by atoms with van der Waals surface area (Å²) in [5, 5.41) is 20.4. The summed E-state index contributed by atoms with van der Waals surface area (Å²) in [6.45, 7) is 5.10. The average Bonchev–Trinajstić information content (AvgIpc) is 3.78. The van der Waals surface area contributed by atoms with Gasteiger partial charge < -0.3 is 24.4 Å². The van der Waals surface area contributed by atoms with Gasteiger partial charge in [0.25, 0.3) is 15.9 Å². The summed E-state index contributed by atoms with van der Waals surface area (Å²) in [7, 11) is -4.07. The average molecular weight is 678 g/mol. The Hall–Kier alpha value is -5.22. The first-order valence-corrected chi connectivity index (χ1v) is 17.6. The van der Waals surface area contributed by atoms with Gasteiger partial charge in [-0.05, 0) is 72.1 Å². The van der Waals surface area contributed by atoms with Gasteiger partial charge in [-0.25, -0.2) is 17.4 Å². The second kappa shape index (κ2) is 13.4. The number of aromatic nitrogens is 2. The lowest BCUT2D eigenvalue weighted by molar-refractivity contribution is -0.138. The van der Waals surface area contributed by atoms with Crippen molar-refractivity contribution in [2.75, 3.05) is 44.3 Å². The zero-order valence-electron chi connectivity index (χ0n) is 26.9. The van der Waals surface area contributed by atoms with Crippen LogP contribution in [0, 0.1) is 11.3 Å². The SMILES string of the molecule is CC(O)C(=O)N1CC[C@@H](Oc2ccc(-c3ccnc4c3cc(-c3ccc(N5CCOCC5)cc3)n4S(=O)(=O)c3ccccc3)cc2C#N)C1. The molecule has 2 aliphatic heterocycles. The molecule has 0 saturated carbocycles. The summed E-state index contributed by atoms with van der Waals surface area (Å²) in [5.74, 6) is 0.0375. The number of benzene rings is 3. The van der Waals surface area contributed by atoms with E-state index in [9.17, 15) is 23.6 Å². The van der Waals surface area contributed by atoms with Crippen molar-refractivity contribution in [1.82, 2.24) is 13.9 Å². The van der Waals surface area contributed by atoms with Crippen LogP contribution in [0.25, 0.3) is 33.4 Å². The molecule has 2 saturated heterocycles. The summed E-state index contributed by atoms with van der Waals surface area (Å²) in [4.78, 5) is 20.7. The lowest BCUT2D eigenvalue weighted by Crippen LogP contribution is -2.37. The van der Waals surface area contributed by atoms with Gasteiger partial charge in [0.1, 0.15) is 24.0 Å². The minimum atomic E-state index is -4.07. The van der Waals surface area contributed by atoms with Crippen LogP contribution in [0.5, 0.6) is 5.75 Å². The normalized spacial score (nSPS) is 17.2. The zero-order chi connectivity index (χ0) is 34.1. The van der Waals surface area contributed by atoms with Gasteiger partial charge in [0.15, 0.2) is 5.65 Å². The van der Waals surface area contributed by atoms with E-state index in [4.69, 9.17) is 9.47 Å². The van der Waals surface area contributed by atoms with E-state index >= 15 is 0 Å². The molecule has 0 radical (unpaired) electrons. The fourth-order valence-corrected chi connectivity index (χ4v) is 7.99. The first kappa shape index (κ1) is 32.3. The Labute approximate surface area is 284 Å². The first-order valence-electron chi connectivity index (χ1n) is 16.2. The van der Waals surface area contributed by atoms with Gasteiger partial charge in [-0.15, -0.1) is 0 Å². The molecule has 0 bridgehead atoms. The Balaban J connectivity index is 1.29. The minimum absolute atomic E-state index is 0.139. The molecule has 5 aromatic rings. The van der Waals surface area contributed by atoms with Crippen LogP contribution in [0.4, 0.5) is 5.69 Å². The Kier molecular flexibility index (Phi) is 8.81. The van der Waals surface area contributed by atoms with Crippen molar-refractivity contribution >= 4 is 32.7 Å². The van der Waals surface area contributed by atoms with Crippen molar-refractivity contribution in [1.29, 1.82) is 5.26 Å². The number of pyridine rings is 1. The molecule has 250 valence electrons. The van der Waals surface area contributed by atoms with Crippen LogP contribution < -0.4 is 9.64 Å². The number of likely N-dealkylation sites (tertiary alicyclic amines) is 1. The third kappa shape index (κ3) is 6.24. The zero-order valence-corrected chi connectivity index (χ0v) is 27.7. The standard InChI is InChI=1S/C37H35N5O6S/c1-25(43)37(44)41-16-14-30(24-41)48-35-12-9-27(21-28(35)23-38)32-13-15-39-36-33(32)22-34(42(36)49(45,46)31-5-3-2-4-6-31)26-7-10-29(11-8-26)40-17-19-47-20-18-40/h2-13,15,21-22,25,30,43H,14,16-20,24H2,1H3/t25?,30-/m1/s1. The molecule has 4 heterocycles. The molecule has 2 aliphatic rings. The van der Waals surface area contributed by atoms with E-state index < -0.39 is 16.1 Å². The van der Waals surface area contributed by atoms with E-state index in [2.05, 4.69) is 16.0 Å². The van der Waals surface area contributed by atoms with Crippen LogP contribution in [-0.4, -0.2) is 84.9 Å². The molecule has 12 heteroatoms. The lowest BCUT2D eigenvalue weighted by atomic mass is 10.0. The molecule has 2 aromatic heterocycles. The molecule has 7 rings (SSSR count). The number of anilines is 1. The van der Waals surface area contributed by atoms with Gasteiger partial charge in [-0.1, -0.05) is 36.4 Å². The predicted octanol–water partition coefficient (Wildman–Crippen LogP) is 4.68. The number of fused-ring (bicyclic) bond motifs is 1. The monoisotopic (exact) mass is 677 g/mol. The second-order valence-electron chi connectivity index (χ2n) is 12.2. The molecule has 0 aliphatic carbocycles. The number of carbonyl (C=O) groups is 1. The number of aliphatic hydroxyl groups excluding tert-OH is 1. The molecule has 1 unspecified atom stereocenters. The number of nitriles is 1. The third-order valence-electron chi connectivity index (χ3n) is 9.00. The summed E-state index contributed by atoms with van der Waals surface area (Å²) in [6.07, 6.45) is 0.749. The highest BCUT2D eigenvalue weighted by Gasteiger charge is 2.30. The number of hydrogen-bond donors (Lipinski definition) is 1. The van der Waals surface area contributed by atoms with Gasteiger partial charge in [0.05, 0.1) is 35.9 Å². The Morgan fingerprint density at radius 1 is 1.00 bits per heavy atom. The first-order chi connectivity index (χ1) is 23.7. The summed E-state index contributed by atoms with van der Waals surface area (Å²) in [5.41, 5.74) is 4.17. The number of rotatable bonds is 8. The van der Waals surface area contributed by atoms with E-state index in [0.717, 1.165) is 18.8 Å². The molecular weight excluding hydrogens is 643 g/mol. The fourth-order valence-electron chi connectivity index (χ4n) is 6.49. The maximum absolute atomic E-state index is 14.3. The Morgan fingerprint density at radius 3 is 2.45 bits per heavy atom. The van der Waals surface area contributed by atoms with Crippen molar-refractivity contribution in [3.05, 3.63) is 96.7 Å². The molecule has 0 spiro atoms. The van der Waals surface area contributed by atoms with Crippen LogP contribution in [0.2, 0.25) is 0 Å². The van der Waals surface area contributed by atoms with E-state index in [1.54, 1.807) is 59.6 Å². The highest BCUT2D eigenvalue weighted by molar-refractivity contribution is 7.90. The van der Waals surface area contributed by atoms with E-state index in [-0.39, 0.29) is 22.6 Å². The summed E-state index contributed by atoms with van der Waals surface area (Å²) in [6, 6.07) is 27.3. The van der Waals surface area contributed by atoms with Gasteiger partial charge >= 0.3 is 0 Å². The molecule has 49 heavy (non-hydrogen) atoms. The van der Waals surface area contributed by atoms with Gasteiger partial charge in [-0.3, -0.25) is 4.79 Å². The third-order valence-corrected chi connectivity index (χ3v) is 10.7. The fraction of sp³-hybridized carbons (Fsp3) is 0.270. The van der Waals surface area contributed by atoms with E-state index in [1.165, 1.54) is 10.9 Å². The predicted molar refractivity (Wildman–Crippen MR) is 185 cm³/mol. The Bertz CT molecular complexity index is 2150. The molecule has 3 aromatic carbocycles.